The van der Waals surface area contributed by atoms with Gasteiger partial charge in [-0.25, -0.2) is 17.2 Å². The van der Waals surface area contributed by atoms with Crippen molar-refractivity contribution in [1.82, 2.24) is 9.38 Å². The van der Waals surface area contributed by atoms with Gasteiger partial charge in [0.15, 0.2) is 9.84 Å². The Bertz CT molecular complexity index is 1270. The molecule has 0 amide bonds. The summed E-state index contributed by atoms with van der Waals surface area (Å²) in [6.45, 7) is 1.79. The van der Waals surface area contributed by atoms with Crippen LogP contribution < -0.4 is 10.3 Å². The van der Waals surface area contributed by atoms with E-state index in [2.05, 4.69) is 4.98 Å². The van der Waals surface area contributed by atoms with Crippen molar-refractivity contribution in [3.63, 3.8) is 0 Å². The number of alkyl halides is 2. The number of aromatic amines is 1. The normalized spacial score (nSPS) is 17.3. The number of aromatic nitrogens is 2. The van der Waals surface area contributed by atoms with Crippen molar-refractivity contribution < 1.29 is 21.9 Å². The van der Waals surface area contributed by atoms with Gasteiger partial charge in [0.05, 0.1) is 16.7 Å². The van der Waals surface area contributed by atoms with E-state index in [1.807, 2.05) is 0 Å². The number of hydrogen-bond donors (Lipinski definition) is 1. The number of rotatable bonds is 4. The van der Waals surface area contributed by atoms with Gasteiger partial charge in [0.1, 0.15) is 11.3 Å². The molecule has 2 aromatic heterocycles. The van der Waals surface area contributed by atoms with Crippen molar-refractivity contribution in [1.29, 1.82) is 0 Å². The zero-order valence-corrected chi connectivity index (χ0v) is 17.4. The molecule has 0 radical (unpaired) electrons. The number of ether oxygens (including phenoxy) is 1. The van der Waals surface area contributed by atoms with Crippen LogP contribution in [-0.2, 0) is 9.84 Å². The van der Waals surface area contributed by atoms with Crippen LogP contribution in [0, 0.1) is 6.92 Å². The molecule has 1 aliphatic rings. The summed E-state index contributed by atoms with van der Waals surface area (Å²) >= 11 is 0. The Hall–Kier alpha value is -2.68. The van der Waals surface area contributed by atoms with Crippen LogP contribution in [0.3, 0.4) is 0 Å². The molecule has 6 nitrogen and oxygen atoms in total. The van der Waals surface area contributed by atoms with Gasteiger partial charge >= 0.3 is 0 Å². The fourth-order valence-electron chi connectivity index (χ4n) is 3.91. The maximum absolute atomic E-state index is 13.5. The molecule has 9 heteroatoms. The summed E-state index contributed by atoms with van der Waals surface area (Å²) in [5.41, 5.74) is 1.98. The number of fused-ring (bicyclic) bond motifs is 1. The number of halogens is 2. The van der Waals surface area contributed by atoms with E-state index in [1.165, 1.54) is 18.3 Å². The molecule has 1 fully saturated rings. The van der Waals surface area contributed by atoms with Crippen LogP contribution in [0.2, 0.25) is 0 Å². The van der Waals surface area contributed by atoms with Gasteiger partial charge in [-0.2, -0.15) is 0 Å². The van der Waals surface area contributed by atoms with E-state index in [1.54, 1.807) is 29.7 Å². The van der Waals surface area contributed by atoms with Crippen molar-refractivity contribution in [2.45, 2.75) is 49.5 Å². The number of benzene rings is 1. The number of nitrogens with zero attached hydrogens (tertiary/aromatic N) is 1. The smallest absolute Gasteiger partial charge is 0.272 e. The summed E-state index contributed by atoms with van der Waals surface area (Å²) in [5, 5.41) is 0. The molecule has 0 aliphatic heterocycles. The zero-order chi connectivity index (χ0) is 21.7. The molecule has 0 saturated heterocycles. The van der Waals surface area contributed by atoms with Crippen molar-refractivity contribution in [2.75, 3.05) is 6.26 Å². The van der Waals surface area contributed by atoms with Gasteiger partial charge in [0.2, 0.25) is 5.92 Å². The number of aryl methyl sites for hydroxylation is 1. The second-order valence-electron chi connectivity index (χ2n) is 7.82. The lowest BCUT2D eigenvalue weighted by Crippen LogP contribution is -2.30. The summed E-state index contributed by atoms with van der Waals surface area (Å²) in [6.07, 6.45) is 3.86. The molecule has 4 rings (SSSR count). The minimum absolute atomic E-state index is 0.109. The molecule has 1 aromatic carbocycles. The summed E-state index contributed by atoms with van der Waals surface area (Å²) in [6, 6.07) is 6.29. The van der Waals surface area contributed by atoms with E-state index >= 15 is 0 Å². The minimum Gasteiger partial charge on any atom is -0.490 e. The number of sulfone groups is 1. The molecule has 0 spiro atoms. The van der Waals surface area contributed by atoms with Crippen LogP contribution in [-0.4, -0.2) is 36.1 Å². The molecule has 160 valence electrons. The van der Waals surface area contributed by atoms with Crippen LogP contribution in [0.15, 0.2) is 46.3 Å². The zero-order valence-electron chi connectivity index (χ0n) is 16.6. The molecule has 0 atom stereocenters. The van der Waals surface area contributed by atoms with Crippen LogP contribution in [0.5, 0.6) is 5.75 Å². The molecule has 3 aromatic rings. The third-order valence-corrected chi connectivity index (χ3v) is 6.60. The summed E-state index contributed by atoms with van der Waals surface area (Å²) in [4.78, 5) is 15.0. The lowest BCUT2D eigenvalue weighted by Gasteiger charge is -2.29. The van der Waals surface area contributed by atoms with Gasteiger partial charge in [0, 0.05) is 37.1 Å². The van der Waals surface area contributed by atoms with Gasteiger partial charge in [-0.05, 0) is 49.6 Å². The van der Waals surface area contributed by atoms with Crippen LogP contribution in [0.1, 0.15) is 31.2 Å². The SMILES string of the molecule is Cc1cc(-c2cc(S(C)(=O)=O)ccc2OC2CCC(F)(F)CC2)n2cc[nH]c(=O)c12. The predicted molar refractivity (Wildman–Crippen MR) is 109 cm³/mol. The van der Waals surface area contributed by atoms with Gasteiger partial charge in [-0.15, -0.1) is 0 Å². The highest BCUT2D eigenvalue weighted by atomic mass is 32.2. The topological polar surface area (TPSA) is 80.6 Å². The van der Waals surface area contributed by atoms with Crippen molar-refractivity contribution >= 4 is 15.4 Å². The molecule has 0 unspecified atom stereocenters. The van der Waals surface area contributed by atoms with Crippen LogP contribution in [0.4, 0.5) is 8.78 Å². The lowest BCUT2D eigenvalue weighted by atomic mass is 9.94. The second kappa shape index (κ2) is 7.23. The Morgan fingerprint density at radius 2 is 1.90 bits per heavy atom. The average molecular weight is 436 g/mol. The molecular formula is C21H22F2N2O4S. The third-order valence-electron chi connectivity index (χ3n) is 5.49. The van der Waals surface area contributed by atoms with E-state index < -0.39 is 15.8 Å². The third kappa shape index (κ3) is 3.86. The van der Waals surface area contributed by atoms with E-state index in [0.29, 0.717) is 22.5 Å². The Labute approximate surface area is 172 Å². The van der Waals surface area contributed by atoms with E-state index in [0.717, 1.165) is 11.8 Å². The van der Waals surface area contributed by atoms with E-state index in [9.17, 15) is 22.0 Å². The highest BCUT2D eigenvalue weighted by Crippen LogP contribution is 2.39. The molecule has 0 bridgehead atoms. The summed E-state index contributed by atoms with van der Waals surface area (Å²) in [7, 11) is -3.49. The monoisotopic (exact) mass is 436 g/mol. The molecular weight excluding hydrogens is 414 g/mol. The predicted octanol–water partition coefficient (Wildman–Crippen LogP) is 3.96. The van der Waals surface area contributed by atoms with Crippen molar-refractivity contribution in [3.05, 3.63) is 52.6 Å². The quantitative estimate of drug-likeness (QED) is 0.671. The first-order valence-electron chi connectivity index (χ1n) is 9.63. The first kappa shape index (κ1) is 20.6. The van der Waals surface area contributed by atoms with Gasteiger partial charge in [-0.1, -0.05) is 0 Å². The second-order valence-corrected chi connectivity index (χ2v) is 9.84. The Morgan fingerprint density at radius 3 is 2.57 bits per heavy atom. The first-order valence-corrected chi connectivity index (χ1v) is 11.5. The van der Waals surface area contributed by atoms with Gasteiger partial charge < -0.3 is 14.1 Å². The molecule has 1 aliphatic carbocycles. The maximum atomic E-state index is 13.5. The number of nitrogens with one attached hydrogen (secondary N) is 1. The average Bonchev–Trinajstić information content (AvgIpc) is 3.01. The van der Waals surface area contributed by atoms with E-state index in [4.69, 9.17) is 4.74 Å². The summed E-state index contributed by atoms with van der Waals surface area (Å²) in [5.74, 6) is -2.27. The number of hydrogen-bond acceptors (Lipinski definition) is 4. The van der Waals surface area contributed by atoms with Gasteiger partial charge in [0.25, 0.3) is 5.56 Å². The fourth-order valence-corrected chi connectivity index (χ4v) is 4.56. The number of H-pyrrole nitrogens is 1. The Kier molecular flexibility index (Phi) is 4.96. The lowest BCUT2D eigenvalue weighted by molar-refractivity contribution is -0.0581. The van der Waals surface area contributed by atoms with Crippen LogP contribution >= 0.6 is 0 Å². The molecule has 2 heterocycles. The molecule has 30 heavy (non-hydrogen) atoms. The van der Waals surface area contributed by atoms with E-state index in [-0.39, 0.29) is 42.2 Å². The van der Waals surface area contributed by atoms with Crippen LogP contribution in [0.25, 0.3) is 16.8 Å². The maximum Gasteiger partial charge on any atom is 0.272 e. The first-order chi connectivity index (χ1) is 14.0. The standard InChI is InChI=1S/C21H22F2N2O4S/c1-13-11-17(25-10-9-24-20(26)19(13)25)16-12-15(30(2,27)28)3-4-18(16)29-14-5-7-21(22,23)8-6-14/h3-4,9-12,14H,5-8H2,1-2H3,(H,24,26). The van der Waals surface area contributed by atoms with Crippen molar-refractivity contribution in [3.8, 4) is 17.0 Å². The summed E-state index contributed by atoms with van der Waals surface area (Å²) < 4.78 is 59.0. The highest BCUT2D eigenvalue weighted by Gasteiger charge is 2.36. The fraction of sp³-hybridized carbons (Fsp3) is 0.381. The molecule has 1 saturated carbocycles. The Morgan fingerprint density at radius 1 is 1.20 bits per heavy atom. The van der Waals surface area contributed by atoms with Gasteiger partial charge in [-0.3, -0.25) is 4.79 Å². The van der Waals surface area contributed by atoms with Crippen molar-refractivity contribution in [2.24, 2.45) is 0 Å². The minimum atomic E-state index is -3.49. The largest absolute Gasteiger partial charge is 0.490 e. The molecule has 1 N–H and O–H groups in total. The Balaban J connectivity index is 1.83. The highest BCUT2D eigenvalue weighted by molar-refractivity contribution is 7.90.